The summed E-state index contributed by atoms with van der Waals surface area (Å²) in [5.74, 6) is 0.369. The molecule has 9 heteroatoms. The quantitative estimate of drug-likeness (QED) is 0.625. The van der Waals surface area contributed by atoms with Crippen LogP contribution < -0.4 is 9.47 Å². The Morgan fingerprint density at radius 2 is 1.91 bits per heavy atom. The molecule has 0 aromatic heterocycles. The second-order valence-electron chi connectivity index (χ2n) is 9.78. The van der Waals surface area contributed by atoms with Crippen LogP contribution in [0, 0.1) is 5.82 Å². The van der Waals surface area contributed by atoms with E-state index in [1.54, 1.807) is 17.0 Å². The highest BCUT2D eigenvalue weighted by molar-refractivity contribution is 6.32. The highest BCUT2D eigenvalue weighted by atomic mass is 35.5. The van der Waals surface area contributed by atoms with Gasteiger partial charge in [-0.1, -0.05) is 11.6 Å². The molecule has 2 fully saturated rings. The SMILES string of the molecule is O=C(c1cc(Cl)c(O)cc1OC[C@@H](O)CN1CCC2(CC1)Cc1cc(F)ccc1O2)N1CCCC1. The molecule has 35 heavy (non-hydrogen) atoms. The second-order valence-corrected chi connectivity index (χ2v) is 10.2. The summed E-state index contributed by atoms with van der Waals surface area (Å²) in [5.41, 5.74) is 0.897. The fourth-order valence-electron chi connectivity index (χ4n) is 5.28. The van der Waals surface area contributed by atoms with Gasteiger partial charge in [-0.2, -0.15) is 0 Å². The van der Waals surface area contributed by atoms with E-state index in [0.29, 0.717) is 26.1 Å². The van der Waals surface area contributed by atoms with E-state index in [1.807, 2.05) is 0 Å². The minimum atomic E-state index is -0.785. The summed E-state index contributed by atoms with van der Waals surface area (Å²) in [5, 5.41) is 20.8. The van der Waals surface area contributed by atoms with Crippen LogP contribution in [-0.4, -0.2) is 77.0 Å². The molecule has 7 nitrogen and oxygen atoms in total. The summed E-state index contributed by atoms with van der Waals surface area (Å²) in [6, 6.07) is 7.43. The molecule has 2 saturated heterocycles. The molecule has 1 atom stereocenters. The van der Waals surface area contributed by atoms with Crippen molar-refractivity contribution < 1.29 is 28.9 Å². The highest BCUT2D eigenvalue weighted by Crippen LogP contribution is 2.41. The van der Waals surface area contributed by atoms with Crippen molar-refractivity contribution in [2.75, 3.05) is 39.3 Å². The zero-order valence-electron chi connectivity index (χ0n) is 19.5. The Balaban J connectivity index is 1.15. The largest absolute Gasteiger partial charge is 0.506 e. The lowest BCUT2D eigenvalue weighted by atomic mass is 9.87. The molecule has 0 saturated carbocycles. The number of hydrogen-bond donors (Lipinski definition) is 2. The first kappa shape index (κ1) is 24.2. The van der Waals surface area contributed by atoms with E-state index in [4.69, 9.17) is 21.1 Å². The Morgan fingerprint density at radius 1 is 1.17 bits per heavy atom. The summed E-state index contributed by atoms with van der Waals surface area (Å²) in [4.78, 5) is 16.8. The van der Waals surface area contributed by atoms with Crippen molar-refractivity contribution in [1.82, 2.24) is 9.80 Å². The smallest absolute Gasteiger partial charge is 0.257 e. The third-order valence-electron chi connectivity index (χ3n) is 7.20. The lowest BCUT2D eigenvalue weighted by Crippen LogP contribution is -2.49. The number of hydrogen-bond acceptors (Lipinski definition) is 6. The van der Waals surface area contributed by atoms with Crippen LogP contribution in [0.15, 0.2) is 30.3 Å². The number of β-amino-alcohol motifs (C(OH)–C–C–N with tert-alkyl or cyclic N) is 1. The first-order valence-electron chi connectivity index (χ1n) is 12.1. The van der Waals surface area contributed by atoms with Crippen molar-refractivity contribution in [3.05, 3.63) is 52.3 Å². The van der Waals surface area contributed by atoms with Gasteiger partial charge in [0.25, 0.3) is 5.91 Å². The number of halogens is 2. The molecule has 3 aliphatic rings. The maximum Gasteiger partial charge on any atom is 0.257 e. The summed E-state index contributed by atoms with van der Waals surface area (Å²) in [7, 11) is 0. The van der Waals surface area contributed by atoms with Gasteiger partial charge in [0.15, 0.2) is 0 Å². The Morgan fingerprint density at radius 3 is 2.66 bits per heavy atom. The van der Waals surface area contributed by atoms with E-state index in [9.17, 15) is 19.4 Å². The number of aliphatic hydroxyl groups excluding tert-OH is 1. The number of likely N-dealkylation sites (tertiary alicyclic amines) is 2. The normalized spacial score (nSPS) is 20.0. The molecule has 3 aliphatic heterocycles. The number of carbonyl (C=O) groups excluding carboxylic acids is 1. The number of aromatic hydroxyl groups is 1. The summed E-state index contributed by atoms with van der Waals surface area (Å²) in [6.07, 6.45) is 3.41. The topological polar surface area (TPSA) is 82.5 Å². The van der Waals surface area contributed by atoms with Crippen LogP contribution in [0.25, 0.3) is 0 Å². The number of phenols is 1. The Labute approximate surface area is 209 Å². The molecule has 0 bridgehead atoms. The minimum Gasteiger partial charge on any atom is -0.506 e. The molecular weight excluding hydrogens is 475 g/mol. The van der Waals surface area contributed by atoms with Crippen LogP contribution in [-0.2, 0) is 6.42 Å². The average Bonchev–Trinajstić information content (AvgIpc) is 3.49. The van der Waals surface area contributed by atoms with Gasteiger partial charge in [0.1, 0.15) is 41.4 Å². The monoisotopic (exact) mass is 504 g/mol. The lowest BCUT2D eigenvalue weighted by molar-refractivity contribution is -0.00202. The van der Waals surface area contributed by atoms with E-state index in [-0.39, 0.29) is 46.0 Å². The number of benzene rings is 2. The van der Waals surface area contributed by atoms with Gasteiger partial charge in [0, 0.05) is 63.6 Å². The van der Waals surface area contributed by atoms with Crippen LogP contribution in [0.5, 0.6) is 17.2 Å². The minimum absolute atomic E-state index is 0.0236. The Kier molecular flexibility index (Phi) is 6.79. The van der Waals surface area contributed by atoms with Gasteiger partial charge in [-0.3, -0.25) is 4.79 Å². The zero-order valence-corrected chi connectivity index (χ0v) is 20.3. The number of nitrogens with zero attached hydrogens (tertiary/aromatic N) is 2. The maximum absolute atomic E-state index is 13.6. The molecule has 188 valence electrons. The zero-order chi connectivity index (χ0) is 24.6. The predicted octanol–water partition coefficient (Wildman–Crippen LogP) is 3.63. The number of phenolic OH excluding ortho intramolecular Hbond substituents is 1. The second kappa shape index (κ2) is 9.84. The predicted molar refractivity (Wildman–Crippen MR) is 129 cm³/mol. The molecule has 0 unspecified atom stereocenters. The van der Waals surface area contributed by atoms with Crippen molar-refractivity contribution in [2.45, 2.75) is 43.8 Å². The molecule has 0 aliphatic carbocycles. The summed E-state index contributed by atoms with van der Waals surface area (Å²) >= 11 is 6.06. The standard InChI is InChI=1S/C26H30ClFN2O5/c27-21-12-20(25(33)30-7-1-2-8-30)24(13-22(21)32)34-16-19(31)15-29-9-5-26(6-10-29)14-17-11-18(28)3-4-23(17)35-26/h3-4,11-13,19,31-32H,1-2,5-10,14-16H2/t19-/m0/s1. The Hall–Kier alpha value is -2.55. The third-order valence-corrected chi connectivity index (χ3v) is 7.50. The molecule has 2 aromatic carbocycles. The number of aliphatic hydroxyl groups is 1. The van der Waals surface area contributed by atoms with Crippen LogP contribution in [0.4, 0.5) is 4.39 Å². The van der Waals surface area contributed by atoms with Crippen molar-refractivity contribution >= 4 is 17.5 Å². The van der Waals surface area contributed by atoms with Crippen molar-refractivity contribution in [1.29, 1.82) is 0 Å². The molecule has 5 rings (SSSR count). The van der Waals surface area contributed by atoms with Crippen molar-refractivity contribution in [2.24, 2.45) is 0 Å². The Bertz CT molecular complexity index is 1100. The number of rotatable bonds is 6. The lowest BCUT2D eigenvalue weighted by Gasteiger charge is -2.39. The molecular formula is C26H30ClFN2O5. The van der Waals surface area contributed by atoms with Crippen molar-refractivity contribution in [3.8, 4) is 17.2 Å². The average molecular weight is 505 g/mol. The number of ether oxygens (including phenoxy) is 2. The summed E-state index contributed by atoms with van der Waals surface area (Å²) in [6.45, 7) is 3.23. The first-order valence-corrected chi connectivity index (χ1v) is 12.5. The van der Waals surface area contributed by atoms with Gasteiger partial charge in [0.2, 0.25) is 0 Å². The molecule has 1 spiro atoms. The number of piperidine rings is 1. The molecule has 2 aromatic rings. The van der Waals surface area contributed by atoms with Gasteiger partial charge < -0.3 is 29.5 Å². The highest BCUT2D eigenvalue weighted by Gasteiger charge is 2.42. The van der Waals surface area contributed by atoms with E-state index in [2.05, 4.69) is 4.90 Å². The fraction of sp³-hybridized carbons (Fsp3) is 0.500. The van der Waals surface area contributed by atoms with E-state index >= 15 is 0 Å². The molecule has 2 N–H and O–H groups in total. The van der Waals surface area contributed by atoms with E-state index in [0.717, 1.165) is 50.1 Å². The van der Waals surface area contributed by atoms with Gasteiger partial charge in [0.05, 0.1) is 10.6 Å². The first-order chi connectivity index (χ1) is 16.8. The van der Waals surface area contributed by atoms with Gasteiger partial charge in [-0.05, 0) is 37.1 Å². The fourth-order valence-corrected chi connectivity index (χ4v) is 5.44. The van der Waals surface area contributed by atoms with Gasteiger partial charge >= 0.3 is 0 Å². The van der Waals surface area contributed by atoms with Crippen LogP contribution in [0.1, 0.15) is 41.6 Å². The summed E-state index contributed by atoms with van der Waals surface area (Å²) < 4.78 is 25.6. The number of carbonyl (C=O) groups is 1. The van der Waals surface area contributed by atoms with Gasteiger partial charge in [-0.25, -0.2) is 4.39 Å². The molecule has 3 heterocycles. The van der Waals surface area contributed by atoms with Crippen LogP contribution in [0.3, 0.4) is 0 Å². The van der Waals surface area contributed by atoms with Crippen LogP contribution in [0.2, 0.25) is 5.02 Å². The molecule has 0 radical (unpaired) electrons. The van der Waals surface area contributed by atoms with Crippen molar-refractivity contribution in [3.63, 3.8) is 0 Å². The maximum atomic E-state index is 13.6. The van der Waals surface area contributed by atoms with E-state index in [1.165, 1.54) is 18.2 Å². The van der Waals surface area contributed by atoms with E-state index < -0.39 is 6.10 Å². The number of amides is 1. The molecule has 1 amide bonds. The van der Waals surface area contributed by atoms with Crippen LogP contribution >= 0.6 is 11.6 Å². The number of fused-ring (bicyclic) bond motifs is 1. The van der Waals surface area contributed by atoms with Gasteiger partial charge in [-0.15, -0.1) is 0 Å². The third kappa shape index (κ3) is 5.20.